The first-order valence-corrected chi connectivity index (χ1v) is 8.33. The summed E-state index contributed by atoms with van der Waals surface area (Å²) in [6.45, 7) is 8.55. The largest absolute Gasteiger partial charge is 0.497 e. The van der Waals surface area contributed by atoms with Crippen LogP contribution in [0.25, 0.3) is 5.57 Å². The van der Waals surface area contributed by atoms with Crippen LogP contribution in [0.2, 0.25) is 0 Å². The Labute approximate surface area is 146 Å². The molecule has 0 unspecified atom stereocenters. The Morgan fingerprint density at radius 3 is 2.25 bits per heavy atom. The lowest BCUT2D eigenvalue weighted by molar-refractivity contribution is 0.415. The fraction of sp³-hybridized carbons (Fsp3) is 0.217. The highest BCUT2D eigenvalue weighted by Gasteiger charge is 2.05. The maximum absolute atomic E-state index is 5.22. The van der Waals surface area contributed by atoms with Gasteiger partial charge in [0.1, 0.15) is 5.75 Å². The summed E-state index contributed by atoms with van der Waals surface area (Å²) in [7, 11) is 1.68. The fourth-order valence-electron chi connectivity index (χ4n) is 2.61. The van der Waals surface area contributed by atoms with Gasteiger partial charge in [0.2, 0.25) is 0 Å². The minimum absolute atomic E-state index is 0.865. The number of rotatable bonds is 7. The summed E-state index contributed by atoms with van der Waals surface area (Å²) < 4.78 is 5.22. The Hall–Kier alpha value is -2.54. The molecule has 0 aliphatic carbocycles. The van der Waals surface area contributed by atoms with Crippen molar-refractivity contribution in [2.24, 2.45) is 0 Å². The summed E-state index contributed by atoms with van der Waals surface area (Å²) in [6.07, 6.45) is 6.52. The van der Waals surface area contributed by atoms with Crippen LogP contribution in [0.1, 0.15) is 31.4 Å². The van der Waals surface area contributed by atoms with Gasteiger partial charge in [-0.15, -0.1) is 0 Å². The Bertz CT molecular complexity index is 714. The fourth-order valence-corrected chi connectivity index (χ4v) is 2.61. The SMILES string of the molecule is C=C(C(/C=C/CCc1ccccc1)=C(C)C)c1ccc(OC)cc1. The Balaban J connectivity index is 2.04. The van der Waals surface area contributed by atoms with Crippen molar-refractivity contribution in [1.29, 1.82) is 0 Å². The first-order chi connectivity index (χ1) is 11.6. The van der Waals surface area contributed by atoms with Crippen molar-refractivity contribution in [2.75, 3.05) is 7.11 Å². The first kappa shape index (κ1) is 17.8. The third kappa shape index (κ3) is 4.99. The Morgan fingerprint density at radius 1 is 1.00 bits per heavy atom. The quantitative estimate of drug-likeness (QED) is 0.549. The van der Waals surface area contributed by atoms with Crippen LogP contribution < -0.4 is 4.74 Å². The summed E-state index contributed by atoms with van der Waals surface area (Å²) in [4.78, 5) is 0. The molecule has 0 saturated heterocycles. The number of aryl methyl sites for hydroxylation is 1. The second-order valence-corrected chi connectivity index (χ2v) is 6.05. The van der Waals surface area contributed by atoms with E-state index in [1.54, 1.807) is 7.11 Å². The normalized spacial score (nSPS) is 10.6. The molecule has 2 rings (SSSR count). The molecule has 0 aromatic heterocycles. The standard InChI is InChI=1S/C23H26O/c1-18(2)23(13-9-8-12-20-10-6-5-7-11-20)19(3)21-14-16-22(24-4)17-15-21/h5-7,9-11,13-17H,3,8,12H2,1-2,4H3/b13-9+. The number of hydrogen-bond donors (Lipinski definition) is 0. The predicted molar refractivity (Wildman–Crippen MR) is 104 cm³/mol. The second kappa shape index (κ2) is 8.93. The third-order valence-electron chi connectivity index (χ3n) is 4.03. The van der Waals surface area contributed by atoms with Gasteiger partial charge in [-0.1, -0.05) is 66.8 Å². The van der Waals surface area contributed by atoms with Crippen LogP contribution in [0.3, 0.4) is 0 Å². The van der Waals surface area contributed by atoms with E-state index in [1.807, 2.05) is 12.1 Å². The molecule has 2 aromatic rings. The van der Waals surface area contributed by atoms with E-state index in [4.69, 9.17) is 4.74 Å². The van der Waals surface area contributed by atoms with E-state index >= 15 is 0 Å². The van der Waals surface area contributed by atoms with Crippen molar-refractivity contribution in [3.05, 3.63) is 95.6 Å². The van der Waals surface area contributed by atoms with Crippen LogP contribution >= 0.6 is 0 Å². The molecule has 0 N–H and O–H groups in total. The van der Waals surface area contributed by atoms with Crippen LogP contribution in [0.4, 0.5) is 0 Å². The highest BCUT2D eigenvalue weighted by molar-refractivity contribution is 5.81. The molecule has 1 heteroatoms. The topological polar surface area (TPSA) is 9.23 Å². The molecule has 1 nitrogen and oxygen atoms in total. The van der Waals surface area contributed by atoms with Gasteiger partial charge in [-0.25, -0.2) is 0 Å². The van der Waals surface area contributed by atoms with Crippen molar-refractivity contribution < 1.29 is 4.74 Å². The van der Waals surface area contributed by atoms with Crippen molar-refractivity contribution in [3.63, 3.8) is 0 Å². The van der Waals surface area contributed by atoms with Crippen LogP contribution in [0, 0.1) is 0 Å². The van der Waals surface area contributed by atoms with Gasteiger partial charge in [0, 0.05) is 0 Å². The third-order valence-corrected chi connectivity index (χ3v) is 4.03. The number of allylic oxidation sites excluding steroid dienone is 5. The molecule has 0 fully saturated rings. The Morgan fingerprint density at radius 2 is 1.67 bits per heavy atom. The maximum atomic E-state index is 5.22. The molecule has 24 heavy (non-hydrogen) atoms. The van der Waals surface area contributed by atoms with E-state index in [2.05, 4.69) is 75.0 Å². The van der Waals surface area contributed by atoms with Gasteiger partial charge < -0.3 is 4.74 Å². The molecular formula is C23H26O. The molecule has 0 saturated carbocycles. The van der Waals surface area contributed by atoms with Crippen LogP contribution in [-0.2, 0) is 6.42 Å². The number of benzene rings is 2. The predicted octanol–water partition coefficient (Wildman–Crippen LogP) is 6.23. The zero-order valence-corrected chi connectivity index (χ0v) is 14.9. The smallest absolute Gasteiger partial charge is 0.118 e. The highest BCUT2D eigenvalue weighted by atomic mass is 16.5. The van der Waals surface area contributed by atoms with Crippen molar-refractivity contribution in [2.45, 2.75) is 26.7 Å². The average Bonchev–Trinajstić information content (AvgIpc) is 2.62. The highest BCUT2D eigenvalue weighted by Crippen LogP contribution is 2.26. The van der Waals surface area contributed by atoms with Gasteiger partial charge in [0.25, 0.3) is 0 Å². The monoisotopic (exact) mass is 318 g/mol. The van der Waals surface area contributed by atoms with Crippen molar-refractivity contribution in [1.82, 2.24) is 0 Å². The molecular weight excluding hydrogens is 292 g/mol. The molecule has 2 aromatic carbocycles. The van der Waals surface area contributed by atoms with Gasteiger partial charge in [-0.05, 0) is 61.1 Å². The van der Waals surface area contributed by atoms with Crippen molar-refractivity contribution in [3.8, 4) is 5.75 Å². The van der Waals surface area contributed by atoms with E-state index in [0.29, 0.717) is 0 Å². The van der Waals surface area contributed by atoms with Gasteiger partial charge >= 0.3 is 0 Å². The first-order valence-electron chi connectivity index (χ1n) is 8.33. The maximum Gasteiger partial charge on any atom is 0.118 e. The molecule has 0 aliphatic heterocycles. The zero-order valence-electron chi connectivity index (χ0n) is 14.9. The molecule has 0 spiro atoms. The average molecular weight is 318 g/mol. The number of hydrogen-bond acceptors (Lipinski definition) is 1. The van der Waals surface area contributed by atoms with Gasteiger partial charge in [0.05, 0.1) is 7.11 Å². The minimum atomic E-state index is 0.865. The lowest BCUT2D eigenvalue weighted by Crippen LogP contribution is -1.90. The van der Waals surface area contributed by atoms with Gasteiger partial charge in [0.15, 0.2) is 0 Å². The molecule has 0 radical (unpaired) electrons. The Kier molecular flexibility index (Phi) is 6.62. The molecule has 0 bridgehead atoms. The van der Waals surface area contributed by atoms with E-state index in [1.165, 1.54) is 16.7 Å². The summed E-state index contributed by atoms with van der Waals surface area (Å²) in [5, 5.41) is 0. The number of ether oxygens (including phenoxy) is 1. The summed E-state index contributed by atoms with van der Waals surface area (Å²) in [6, 6.07) is 18.6. The van der Waals surface area contributed by atoms with Gasteiger partial charge in [-0.3, -0.25) is 0 Å². The lowest BCUT2D eigenvalue weighted by Gasteiger charge is -2.11. The van der Waals surface area contributed by atoms with Gasteiger partial charge in [-0.2, -0.15) is 0 Å². The molecule has 0 amide bonds. The zero-order chi connectivity index (χ0) is 17.4. The number of methoxy groups -OCH3 is 1. The summed E-state index contributed by atoms with van der Waals surface area (Å²) >= 11 is 0. The summed E-state index contributed by atoms with van der Waals surface area (Å²) in [5.41, 5.74) is 6.02. The molecule has 0 heterocycles. The molecule has 0 aliphatic rings. The van der Waals surface area contributed by atoms with Crippen LogP contribution in [0.5, 0.6) is 5.75 Å². The van der Waals surface area contributed by atoms with E-state index in [0.717, 1.165) is 29.7 Å². The second-order valence-electron chi connectivity index (χ2n) is 6.05. The molecule has 124 valence electrons. The van der Waals surface area contributed by atoms with Crippen LogP contribution in [-0.4, -0.2) is 7.11 Å². The minimum Gasteiger partial charge on any atom is -0.497 e. The van der Waals surface area contributed by atoms with E-state index < -0.39 is 0 Å². The summed E-state index contributed by atoms with van der Waals surface area (Å²) in [5.74, 6) is 0.865. The van der Waals surface area contributed by atoms with Crippen LogP contribution in [0.15, 0.2) is 84.5 Å². The molecule has 0 atom stereocenters. The lowest BCUT2D eigenvalue weighted by atomic mass is 9.95. The van der Waals surface area contributed by atoms with E-state index in [9.17, 15) is 0 Å². The van der Waals surface area contributed by atoms with E-state index in [-0.39, 0.29) is 0 Å². The van der Waals surface area contributed by atoms with Crippen molar-refractivity contribution >= 4 is 5.57 Å².